The van der Waals surface area contributed by atoms with E-state index in [1.807, 2.05) is 11.8 Å². The molecule has 114 valence electrons. The third-order valence-electron chi connectivity index (χ3n) is 3.90. The van der Waals surface area contributed by atoms with Crippen LogP contribution in [0.1, 0.15) is 18.9 Å². The van der Waals surface area contributed by atoms with E-state index in [4.69, 9.17) is 5.73 Å². The Balaban J connectivity index is 2.08. The van der Waals surface area contributed by atoms with Crippen LogP contribution in [0, 0.1) is 16.0 Å². The minimum Gasteiger partial charge on any atom is -0.339 e. The smallest absolute Gasteiger partial charge is 0.270 e. The Hall–Kier alpha value is -1.47. The van der Waals surface area contributed by atoms with Crippen molar-refractivity contribution in [3.63, 3.8) is 0 Å². The molecule has 1 heterocycles. The molecular weight excluding hydrogens is 338 g/mol. The maximum atomic E-state index is 12.4. The van der Waals surface area contributed by atoms with Crippen molar-refractivity contribution in [3.8, 4) is 0 Å². The Kier molecular flexibility index (Phi) is 4.95. The fourth-order valence-corrected chi connectivity index (χ4v) is 3.23. The molecule has 0 spiro atoms. The van der Waals surface area contributed by atoms with Crippen LogP contribution in [0.4, 0.5) is 5.69 Å². The summed E-state index contributed by atoms with van der Waals surface area (Å²) in [4.78, 5) is 24.5. The molecule has 0 radical (unpaired) electrons. The molecule has 2 rings (SSSR count). The molecule has 21 heavy (non-hydrogen) atoms. The number of halogens is 1. The number of carbonyl (C=O) groups excluding carboxylic acids is 1. The average molecular weight is 356 g/mol. The van der Waals surface area contributed by atoms with Crippen molar-refractivity contribution in [2.45, 2.75) is 25.8 Å². The number of likely N-dealkylation sites (tertiary alicyclic amines) is 1. The second-order valence-corrected chi connectivity index (χ2v) is 6.30. The molecule has 1 fully saturated rings. The van der Waals surface area contributed by atoms with Crippen LogP contribution in [-0.2, 0) is 11.2 Å². The first-order valence-corrected chi connectivity index (χ1v) is 7.64. The van der Waals surface area contributed by atoms with Gasteiger partial charge in [-0.3, -0.25) is 14.9 Å². The zero-order chi connectivity index (χ0) is 15.6. The van der Waals surface area contributed by atoms with Gasteiger partial charge in [0.15, 0.2) is 0 Å². The molecule has 0 aliphatic carbocycles. The van der Waals surface area contributed by atoms with Crippen molar-refractivity contribution in [3.05, 3.63) is 38.3 Å². The van der Waals surface area contributed by atoms with Crippen LogP contribution in [0.2, 0.25) is 0 Å². The summed E-state index contributed by atoms with van der Waals surface area (Å²) in [5.41, 5.74) is 6.44. The predicted octanol–water partition coefficient (Wildman–Crippen LogP) is 2.10. The van der Waals surface area contributed by atoms with E-state index in [-0.39, 0.29) is 24.1 Å². The number of non-ortho nitro benzene ring substituents is 1. The van der Waals surface area contributed by atoms with Gasteiger partial charge in [0.25, 0.3) is 5.69 Å². The highest BCUT2D eigenvalue weighted by molar-refractivity contribution is 9.10. The van der Waals surface area contributed by atoms with Crippen molar-refractivity contribution in [2.24, 2.45) is 11.7 Å². The minimum atomic E-state index is -0.454. The summed E-state index contributed by atoms with van der Waals surface area (Å²) >= 11 is 3.30. The molecule has 1 saturated heterocycles. The molecule has 2 unspecified atom stereocenters. The lowest BCUT2D eigenvalue weighted by atomic mass is 10.1. The van der Waals surface area contributed by atoms with Gasteiger partial charge in [0.2, 0.25) is 5.91 Å². The number of hydrogen-bond acceptors (Lipinski definition) is 4. The first-order chi connectivity index (χ1) is 9.92. The normalized spacial score (nSPS) is 21.6. The van der Waals surface area contributed by atoms with E-state index in [9.17, 15) is 14.9 Å². The molecule has 0 saturated carbocycles. The standard InChI is InChI=1S/C14H18BrN3O3/c1-9-4-10(7-16)8-17(9)14(19)5-11-2-3-12(18(20)21)6-13(11)15/h2-3,6,9-10H,4-5,7-8,16H2,1H3. The van der Waals surface area contributed by atoms with E-state index in [0.29, 0.717) is 23.5 Å². The van der Waals surface area contributed by atoms with Crippen LogP contribution < -0.4 is 5.73 Å². The van der Waals surface area contributed by atoms with E-state index in [2.05, 4.69) is 15.9 Å². The van der Waals surface area contributed by atoms with E-state index in [1.165, 1.54) is 12.1 Å². The second-order valence-electron chi connectivity index (χ2n) is 5.44. The lowest BCUT2D eigenvalue weighted by Gasteiger charge is -2.21. The molecule has 2 N–H and O–H groups in total. The van der Waals surface area contributed by atoms with Crippen LogP contribution in [0.3, 0.4) is 0 Å². The molecule has 6 nitrogen and oxygen atoms in total. The molecule has 0 aromatic heterocycles. The zero-order valence-corrected chi connectivity index (χ0v) is 13.4. The van der Waals surface area contributed by atoms with E-state index >= 15 is 0 Å². The number of benzene rings is 1. The molecule has 1 aliphatic rings. The van der Waals surface area contributed by atoms with Crippen LogP contribution in [0.25, 0.3) is 0 Å². The van der Waals surface area contributed by atoms with Gasteiger partial charge in [0.1, 0.15) is 0 Å². The molecule has 1 amide bonds. The van der Waals surface area contributed by atoms with Gasteiger partial charge in [-0.15, -0.1) is 0 Å². The highest BCUT2D eigenvalue weighted by atomic mass is 79.9. The number of amides is 1. The topological polar surface area (TPSA) is 89.5 Å². The number of nitro groups is 1. The SMILES string of the molecule is CC1CC(CN)CN1C(=O)Cc1ccc([N+](=O)[O-])cc1Br. The van der Waals surface area contributed by atoms with Crippen molar-refractivity contribution < 1.29 is 9.72 Å². The number of rotatable bonds is 4. The van der Waals surface area contributed by atoms with Gasteiger partial charge < -0.3 is 10.6 Å². The lowest BCUT2D eigenvalue weighted by Crippen LogP contribution is -2.35. The van der Waals surface area contributed by atoms with Crippen molar-refractivity contribution in [2.75, 3.05) is 13.1 Å². The quantitative estimate of drug-likeness (QED) is 0.661. The Morgan fingerprint density at radius 1 is 1.57 bits per heavy atom. The lowest BCUT2D eigenvalue weighted by molar-refractivity contribution is -0.384. The Labute approximate surface area is 131 Å². The summed E-state index contributed by atoms with van der Waals surface area (Å²) in [6.45, 7) is 3.31. The fourth-order valence-electron chi connectivity index (χ4n) is 2.72. The molecule has 1 aliphatic heterocycles. The molecule has 7 heteroatoms. The molecule has 1 aromatic rings. The maximum absolute atomic E-state index is 12.4. The summed E-state index contributed by atoms with van der Waals surface area (Å²) in [5, 5.41) is 10.7. The van der Waals surface area contributed by atoms with Crippen LogP contribution in [-0.4, -0.2) is 34.9 Å². The molecule has 2 atom stereocenters. The van der Waals surface area contributed by atoms with Gasteiger partial charge in [-0.2, -0.15) is 0 Å². The van der Waals surface area contributed by atoms with Crippen molar-refractivity contribution in [1.29, 1.82) is 0 Å². The van der Waals surface area contributed by atoms with E-state index in [1.54, 1.807) is 6.07 Å². The number of nitrogens with two attached hydrogens (primary N) is 1. The van der Waals surface area contributed by atoms with E-state index < -0.39 is 4.92 Å². The second kappa shape index (κ2) is 6.53. The Bertz CT molecular complexity index is 564. The first kappa shape index (κ1) is 15.9. The molecule has 0 bridgehead atoms. The Morgan fingerprint density at radius 3 is 2.81 bits per heavy atom. The minimum absolute atomic E-state index is 0.0100. The summed E-state index contributed by atoms with van der Waals surface area (Å²) < 4.78 is 0.590. The van der Waals surface area contributed by atoms with Gasteiger partial charge in [0.05, 0.1) is 11.3 Å². The summed E-state index contributed by atoms with van der Waals surface area (Å²) in [5.74, 6) is 0.400. The summed E-state index contributed by atoms with van der Waals surface area (Å²) in [6, 6.07) is 4.67. The van der Waals surface area contributed by atoms with Crippen LogP contribution >= 0.6 is 15.9 Å². The average Bonchev–Trinajstić information content (AvgIpc) is 2.82. The Morgan fingerprint density at radius 2 is 2.29 bits per heavy atom. The number of nitrogens with zero attached hydrogens (tertiary/aromatic N) is 2. The van der Waals surface area contributed by atoms with Gasteiger partial charge >= 0.3 is 0 Å². The molecule has 1 aromatic carbocycles. The monoisotopic (exact) mass is 355 g/mol. The first-order valence-electron chi connectivity index (χ1n) is 6.84. The van der Waals surface area contributed by atoms with Crippen molar-refractivity contribution in [1.82, 2.24) is 4.90 Å². The number of hydrogen-bond donors (Lipinski definition) is 1. The van der Waals surface area contributed by atoms with Gasteiger partial charge in [-0.05, 0) is 31.4 Å². The van der Waals surface area contributed by atoms with Crippen molar-refractivity contribution >= 4 is 27.5 Å². The predicted molar refractivity (Wildman–Crippen MR) is 82.8 cm³/mol. The zero-order valence-electron chi connectivity index (χ0n) is 11.8. The van der Waals surface area contributed by atoms with Crippen LogP contribution in [0.15, 0.2) is 22.7 Å². The fraction of sp³-hybridized carbons (Fsp3) is 0.500. The van der Waals surface area contributed by atoms with Gasteiger partial charge in [0, 0.05) is 29.2 Å². The summed E-state index contributed by atoms with van der Waals surface area (Å²) in [7, 11) is 0. The molecular formula is C14H18BrN3O3. The van der Waals surface area contributed by atoms with Crippen LogP contribution in [0.5, 0.6) is 0 Å². The third kappa shape index (κ3) is 3.59. The van der Waals surface area contributed by atoms with E-state index in [0.717, 1.165) is 12.0 Å². The largest absolute Gasteiger partial charge is 0.339 e. The van der Waals surface area contributed by atoms with Gasteiger partial charge in [-0.1, -0.05) is 22.0 Å². The van der Waals surface area contributed by atoms with Gasteiger partial charge in [-0.25, -0.2) is 0 Å². The highest BCUT2D eigenvalue weighted by Crippen LogP contribution is 2.26. The third-order valence-corrected chi connectivity index (χ3v) is 4.64. The summed E-state index contributed by atoms with van der Waals surface area (Å²) in [6.07, 6.45) is 1.17. The highest BCUT2D eigenvalue weighted by Gasteiger charge is 2.31. The number of carbonyl (C=O) groups is 1. The maximum Gasteiger partial charge on any atom is 0.270 e. The number of nitro benzene ring substituents is 1.